The minimum Gasteiger partial charge on any atom is -0.380 e. The topological polar surface area (TPSA) is 35.0 Å². The Balaban J connectivity index is 2.38. The Morgan fingerprint density at radius 3 is 2.47 bits per heavy atom. The van der Waals surface area contributed by atoms with Gasteiger partial charge in [-0.15, -0.1) is 0 Å². The van der Waals surface area contributed by atoms with Crippen molar-refractivity contribution in [3.8, 4) is 11.4 Å². The molecule has 0 amide bonds. The van der Waals surface area contributed by atoms with Crippen molar-refractivity contribution in [2.24, 2.45) is 0 Å². The first-order valence-electron chi connectivity index (χ1n) is 5.95. The summed E-state index contributed by atoms with van der Waals surface area (Å²) in [4.78, 5) is 8.83. The first-order valence-corrected chi connectivity index (χ1v) is 7.13. The van der Waals surface area contributed by atoms with Gasteiger partial charge in [0.05, 0.1) is 16.8 Å². The number of methoxy groups -OCH3 is 1. The Labute approximate surface area is 126 Å². The summed E-state index contributed by atoms with van der Waals surface area (Å²) in [5, 5.41) is 0.447. The number of rotatable bonds is 4. The number of aromatic nitrogens is 2. The Hall–Kier alpha value is -0.970. The lowest BCUT2D eigenvalue weighted by molar-refractivity contribution is 0.185. The van der Waals surface area contributed by atoms with Crippen LogP contribution >= 0.6 is 27.5 Å². The van der Waals surface area contributed by atoms with Gasteiger partial charge >= 0.3 is 0 Å². The zero-order valence-corrected chi connectivity index (χ0v) is 13.1. The van der Waals surface area contributed by atoms with Crippen LogP contribution in [0, 0.1) is 0 Å². The third kappa shape index (κ3) is 3.32. The quantitative estimate of drug-likeness (QED) is 0.779. The molecule has 1 heterocycles. The Bertz CT molecular complexity index is 572. The summed E-state index contributed by atoms with van der Waals surface area (Å²) in [6, 6.07) is 7.97. The molecule has 2 rings (SSSR count). The average Bonchev–Trinajstić information content (AvgIpc) is 2.43. The van der Waals surface area contributed by atoms with Gasteiger partial charge in [0.1, 0.15) is 5.15 Å². The fraction of sp³-hybridized carbons (Fsp3) is 0.286. The summed E-state index contributed by atoms with van der Waals surface area (Å²) >= 11 is 9.52. The zero-order chi connectivity index (χ0) is 13.8. The minimum absolute atomic E-state index is 0.447. The number of nitrogens with zero attached hydrogens (tertiary/aromatic N) is 2. The molecule has 0 saturated heterocycles. The standard InChI is InChI=1S/C14H14BrClN2O/c1-3-11-12(15)13(16)18-14(17-11)10-6-4-9(5-7-10)8-19-2/h4-7H,3,8H2,1-2H3. The molecule has 5 heteroatoms. The molecule has 1 aromatic heterocycles. The van der Waals surface area contributed by atoms with Crippen LogP contribution in [0.2, 0.25) is 5.15 Å². The van der Waals surface area contributed by atoms with Gasteiger partial charge in [0.2, 0.25) is 0 Å². The van der Waals surface area contributed by atoms with E-state index in [0.717, 1.165) is 27.7 Å². The Morgan fingerprint density at radius 1 is 1.21 bits per heavy atom. The molecule has 0 bridgehead atoms. The third-order valence-corrected chi connectivity index (χ3v) is 4.07. The van der Waals surface area contributed by atoms with Gasteiger partial charge in [-0.05, 0) is 27.9 Å². The van der Waals surface area contributed by atoms with Crippen molar-refractivity contribution in [1.29, 1.82) is 0 Å². The number of hydrogen-bond acceptors (Lipinski definition) is 3. The molecule has 0 fully saturated rings. The lowest BCUT2D eigenvalue weighted by Crippen LogP contribution is -1.97. The number of benzene rings is 1. The van der Waals surface area contributed by atoms with Crippen molar-refractivity contribution >= 4 is 27.5 Å². The van der Waals surface area contributed by atoms with Crippen LogP contribution in [0.5, 0.6) is 0 Å². The van der Waals surface area contributed by atoms with E-state index in [1.54, 1.807) is 7.11 Å². The maximum Gasteiger partial charge on any atom is 0.161 e. The molecule has 0 spiro atoms. The molecule has 0 radical (unpaired) electrons. The van der Waals surface area contributed by atoms with Crippen LogP contribution in [0.4, 0.5) is 0 Å². The number of halogens is 2. The summed E-state index contributed by atoms with van der Waals surface area (Å²) in [6.45, 7) is 2.64. The Kier molecular flexibility index (Phi) is 4.91. The van der Waals surface area contributed by atoms with Gasteiger partial charge in [-0.1, -0.05) is 42.8 Å². The molecule has 100 valence electrons. The van der Waals surface area contributed by atoms with Crippen LogP contribution < -0.4 is 0 Å². The fourth-order valence-corrected chi connectivity index (χ4v) is 2.39. The van der Waals surface area contributed by atoms with Crippen molar-refractivity contribution in [1.82, 2.24) is 9.97 Å². The molecular weight excluding hydrogens is 328 g/mol. The van der Waals surface area contributed by atoms with E-state index >= 15 is 0 Å². The van der Waals surface area contributed by atoms with Crippen LogP contribution in [0.1, 0.15) is 18.2 Å². The predicted octanol–water partition coefficient (Wildman–Crippen LogP) is 4.27. The maximum atomic E-state index is 6.11. The van der Waals surface area contributed by atoms with Gasteiger partial charge in [0.15, 0.2) is 5.82 Å². The summed E-state index contributed by atoms with van der Waals surface area (Å²) < 4.78 is 5.86. The molecule has 0 atom stereocenters. The Morgan fingerprint density at radius 2 is 1.89 bits per heavy atom. The molecule has 1 aromatic carbocycles. The lowest BCUT2D eigenvalue weighted by atomic mass is 10.1. The van der Waals surface area contributed by atoms with Crippen molar-refractivity contribution in [3.05, 3.63) is 45.1 Å². The summed E-state index contributed by atoms with van der Waals surface area (Å²) in [7, 11) is 1.68. The van der Waals surface area contributed by atoms with E-state index in [0.29, 0.717) is 17.6 Å². The highest BCUT2D eigenvalue weighted by Crippen LogP contribution is 2.27. The molecule has 19 heavy (non-hydrogen) atoms. The molecule has 0 aliphatic rings. The molecule has 0 aliphatic heterocycles. The molecule has 3 nitrogen and oxygen atoms in total. The normalized spacial score (nSPS) is 10.7. The fourth-order valence-electron chi connectivity index (χ4n) is 1.74. The summed E-state index contributed by atoms with van der Waals surface area (Å²) in [6.07, 6.45) is 0.803. The van der Waals surface area contributed by atoms with Crippen molar-refractivity contribution in [2.75, 3.05) is 7.11 Å². The highest BCUT2D eigenvalue weighted by atomic mass is 79.9. The van der Waals surface area contributed by atoms with E-state index in [1.807, 2.05) is 31.2 Å². The second-order valence-corrected chi connectivity index (χ2v) is 5.23. The maximum absolute atomic E-state index is 6.11. The van der Waals surface area contributed by atoms with Crippen LogP contribution in [0.25, 0.3) is 11.4 Å². The van der Waals surface area contributed by atoms with Crippen molar-refractivity contribution in [3.63, 3.8) is 0 Å². The molecule has 0 N–H and O–H groups in total. The van der Waals surface area contributed by atoms with Gasteiger partial charge in [-0.25, -0.2) is 9.97 Å². The van der Waals surface area contributed by atoms with Crippen molar-refractivity contribution < 1.29 is 4.74 Å². The van der Waals surface area contributed by atoms with Gasteiger partial charge in [-0.2, -0.15) is 0 Å². The first kappa shape index (κ1) is 14.4. The van der Waals surface area contributed by atoms with E-state index in [4.69, 9.17) is 16.3 Å². The van der Waals surface area contributed by atoms with Gasteiger partial charge in [0.25, 0.3) is 0 Å². The second kappa shape index (κ2) is 6.46. The van der Waals surface area contributed by atoms with Crippen LogP contribution in [-0.4, -0.2) is 17.1 Å². The first-order chi connectivity index (χ1) is 9.15. The van der Waals surface area contributed by atoms with Gasteiger partial charge < -0.3 is 4.74 Å². The highest BCUT2D eigenvalue weighted by Gasteiger charge is 2.10. The number of aryl methyl sites for hydroxylation is 1. The van der Waals surface area contributed by atoms with Crippen LogP contribution in [0.3, 0.4) is 0 Å². The predicted molar refractivity (Wildman–Crippen MR) is 80.3 cm³/mol. The third-order valence-electron chi connectivity index (χ3n) is 2.74. The average molecular weight is 342 g/mol. The van der Waals surface area contributed by atoms with E-state index in [2.05, 4.69) is 25.9 Å². The molecule has 0 saturated carbocycles. The zero-order valence-electron chi connectivity index (χ0n) is 10.8. The molecule has 0 aliphatic carbocycles. The molecule has 0 unspecified atom stereocenters. The summed E-state index contributed by atoms with van der Waals surface area (Å²) in [5.41, 5.74) is 2.98. The molecular formula is C14H14BrClN2O. The van der Waals surface area contributed by atoms with E-state index in [9.17, 15) is 0 Å². The van der Waals surface area contributed by atoms with Crippen LogP contribution in [0.15, 0.2) is 28.7 Å². The SMILES string of the molecule is CCc1nc(-c2ccc(COC)cc2)nc(Cl)c1Br. The lowest BCUT2D eigenvalue weighted by Gasteiger charge is -2.07. The van der Waals surface area contributed by atoms with Crippen molar-refractivity contribution in [2.45, 2.75) is 20.0 Å². The highest BCUT2D eigenvalue weighted by molar-refractivity contribution is 9.10. The monoisotopic (exact) mass is 340 g/mol. The second-order valence-electron chi connectivity index (χ2n) is 4.08. The number of hydrogen-bond donors (Lipinski definition) is 0. The van der Waals surface area contributed by atoms with Crippen LogP contribution in [-0.2, 0) is 17.8 Å². The number of ether oxygens (including phenoxy) is 1. The minimum atomic E-state index is 0.447. The van der Waals surface area contributed by atoms with E-state index < -0.39 is 0 Å². The summed E-state index contributed by atoms with van der Waals surface area (Å²) in [5.74, 6) is 0.647. The van der Waals surface area contributed by atoms with Gasteiger partial charge in [-0.3, -0.25) is 0 Å². The largest absolute Gasteiger partial charge is 0.380 e. The smallest absolute Gasteiger partial charge is 0.161 e. The molecule has 2 aromatic rings. The van der Waals surface area contributed by atoms with E-state index in [1.165, 1.54) is 0 Å². The van der Waals surface area contributed by atoms with Gasteiger partial charge in [0, 0.05) is 12.7 Å². The van der Waals surface area contributed by atoms with E-state index in [-0.39, 0.29) is 0 Å².